The van der Waals surface area contributed by atoms with Crippen LogP contribution in [0.3, 0.4) is 0 Å². The molecule has 23 heavy (non-hydrogen) atoms. The molecule has 0 saturated heterocycles. The summed E-state index contributed by atoms with van der Waals surface area (Å²) in [6.45, 7) is 3.30. The maximum Gasteiger partial charge on any atom is 0.244 e. The topological polar surface area (TPSA) is 75.3 Å². The lowest BCUT2D eigenvalue weighted by Gasteiger charge is -2.15. The van der Waals surface area contributed by atoms with Crippen LogP contribution in [-0.4, -0.2) is 20.4 Å². The molecule has 0 aliphatic carbocycles. The molecule has 0 unspecified atom stereocenters. The van der Waals surface area contributed by atoms with Crippen LogP contribution in [0.5, 0.6) is 0 Å². The second kappa shape index (κ2) is 6.89. The number of halogens is 1. The number of benzene rings is 2. The monoisotopic (exact) mass is 336 g/mol. The largest absolute Gasteiger partial charge is 0.325 e. The van der Waals surface area contributed by atoms with Crippen LogP contribution >= 0.6 is 0 Å². The van der Waals surface area contributed by atoms with Crippen LogP contribution in [-0.2, 0) is 14.8 Å². The second-order valence-corrected chi connectivity index (χ2v) is 6.81. The Hall–Kier alpha value is -2.25. The third-order valence-corrected chi connectivity index (χ3v) is 4.74. The van der Waals surface area contributed by atoms with E-state index < -0.39 is 32.7 Å². The summed E-state index contributed by atoms with van der Waals surface area (Å²) < 4.78 is 40.0. The third kappa shape index (κ3) is 4.37. The molecule has 2 aromatic rings. The first kappa shape index (κ1) is 17.1. The van der Waals surface area contributed by atoms with Crippen molar-refractivity contribution >= 4 is 21.6 Å². The number of aryl methyl sites for hydroxylation is 1. The van der Waals surface area contributed by atoms with Crippen molar-refractivity contribution in [2.75, 3.05) is 5.32 Å². The maximum absolute atomic E-state index is 13.6. The molecule has 0 spiro atoms. The van der Waals surface area contributed by atoms with Gasteiger partial charge in [0.2, 0.25) is 15.9 Å². The predicted octanol–water partition coefficient (Wildman–Crippen LogP) is 2.44. The molecule has 2 N–H and O–H groups in total. The van der Waals surface area contributed by atoms with E-state index in [1.807, 2.05) is 19.1 Å². The van der Waals surface area contributed by atoms with E-state index in [-0.39, 0.29) is 0 Å². The summed E-state index contributed by atoms with van der Waals surface area (Å²) in [7, 11) is -4.12. The van der Waals surface area contributed by atoms with E-state index in [9.17, 15) is 17.6 Å². The fourth-order valence-corrected chi connectivity index (χ4v) is 3.18. The zero-order valence-corrected chi connectivity index (χ0v) is 13.5. The molecule has 0 aliphatic heterocycles. The van der Waals surface area contributed by atoms with Crippen molar-refractivity contribution in [2.45, 2.75) is 24.8 Å². The van der Waals surface area contributed by atoms with Crippen molar-refractivity contribution in [1.82, 2.24) is 4.72 Å². The zero-order valence-electron chi connectivity index (χ0n) is 12.7. The Morgan fingerprint density at radius 3 is 2.30 bits per heavy atom. The first-order valence-corrected chi connectivity index (χ1v) is 8.42. The molecular formula is C16H17FN2O3S. The van der Waals surface area contributed by atoms with Crippen LogP contribution in [0.4, 0.5) is 10.1 Å². The standard InChI is InChI=1S/C16H17FN2O3S/c1-11-7-9-13(10-8-11)18-16(20)12(2)19-23(21,22)15-6-4-3-5-14(15)17/h3-10,12,19H,1-2H3,(H,18,20)/t12-/m0/s1. The number of hydrogen-bond acceptors (Lipinski definition) is 3. The van der Waals surface area contributed by atoms with Gasteiger partial charge in [-0.3, -0.25) is 4.79 Å². The SMILES string of the molecule is Cc1ccc(NC(=O)[C@H](C)NS(=O)(=O)c2ccccc2F)cc1. The van der Waals surface area contributed by atoms with Crippen LogP contribution in [0.2, 0.25) is 0 Å². The minimum absolute atomic E-state index is 0.491. The van der Waals surface area contributed by atoms with Crippen LogP contribution in [0.15, 0.2) is 53.4 Å². The Morgan fingerprint density at radius 2 is 1.70 bits per heavy atom. The minimum atomic E-state index is -4.12. The first-order valence-electron chi connectivity index (χ1n) is 6.94. The first-order chi connectivity index (χ1) is 10.8. The van der Waals surface area contributed by atoms with Crippen molar-refractivity contribution in [2.24, 2.45) is 0 Å². The van der Waals surface area contributed by atoms with Gasteiger partial charge in [-0.1, -0.05) is 29.8 Å². The average molecular weight is 336 g/mol. The van der Waals surface area contributed by atoms with Crippen molar-refractivity contribution in [1.29, 1.82) is 0 Å². The summed E-state index contributed by atoms with van der Waals surface area (Å²) in [5.41, 5.74) is 1.59. The molecule has 122 valence electrons. The van der Waals surface area contributed by atoms with Gasteiger partial charge in [0.15, 0.2) is 0 Å². The van der Waals surface area contributed by atoms with Gasteiger partial charge in [0.25, 0.3) is 0 Å². The van der Waals surface area contributed by atoms with Gasteiger partial charge in [0, 0.05) is 5.69 Å². The van der Waals surface area contributed by atoms with Gasteiger partial charge in [-0.25, -0.2) is 12.8 Å². The number of sulfonamides is 1. The summed E-state index contributed by atoms with van der Waals surface area (Å²) in [5.74, 6) is -1.40. The number of amides is 1. The van der Waals surface area contributed by atoms with Crippen molar-refractivity contribution in [3.8, 4) is 0 Å². The van der Waals surface area contributed by atoms with Gasteiger partial charge in [-0.2, -0.15) is 4.72 Å². The molecule has 1 atom stereocenters. The molecule has 2 rings (SSSR count). The molecule has 5 nitrogen and oxygen atoms in total. The van der Waals surface area contributed by atoms with Gasteiger partial charge in [0.1, 0.15) is 10.7 Å². The number of rotatable bonds is 5. The summed E-state index contributed by atoms with van der Waals surface area (Å²) in [5, 5.41) is 2.60. The van der Waals surface area contributed by atoms with E-state index in [1.165, 1.54) is 19.1 Å². The number of carbonyl (C=O) groups is 1. The fourth-order valence-electron chi connectivity index (χ4n) is 1.90. The zero-order chi connectivity index (χ0) is 17.0. The Balaban J connectivity index is 2.08. The molecular weight excluding hydrogens is 319 g/mol. The molecule has 1 amide bonds. The maximum atomic E-state index is 13.6. The average Bonchev–Trinajstić information content (AvgIpc) is 2.49. The highest BCUT2D eigenvalue weighted by molar-refractivity contribution is 7.89. The van der Waals surface area contributed by atoms with Gasteiger partial charge in [0.05, 0.1) is 6.04 Å². The molecule has 0 heterocycles. The number of carbonyl (C=O) groups excluding carboxylic acids is 1. The van der Waals surface area contributed by atoms with Crippen LogP contribution in [0, 0.1) is 12.7 Å². The van der Waals surface area contributed by atoms with Gasteiger partial charge in [-0.15, -0.1) is 0 Å². The summed E-state index contributed by atoms with van der Waals surface area (Å²) >= 11 is 0. The highest BCUT2D eigenvalue weighted by Crippen LogP contribution is 2.14. The van der Waals surface area contributed by atoms with Gasteiger partial charge >= 0.3 is 0 Å². The predicted molar refractivity (Wildman–Crippen MR) is 86.0 cm³/mol. The molecule has 0 radical (unpaired) electrons. The molecule has 0 saturated carbocycles. The molecule has 7 heteroatoms. The Bertz CT molecular complexity index is 804. The minimum Gasteiger partial charge on any atom is -0.325 e. The molecule has 0 bridgehead atoms. The fraction of sp³-hybridized carbons (Fsp3) is 0.188. The normalized spacial score (nSPS) is 12.7. The van der Waals surface area contributed by atoms with E-state index in [2.05, 4.69) is 10.0 Å². The van der Waals surface area contributed by atoms with E-state index in [4.69, 9.17) is 0 Å². The van der Waals surface area contributed by atoms with Gasteiger partial charge < -0.3 is 5.32 Å². The van der Waals surface area contributed by atoms with E-state index in [0.29, 0.717) is 5.69 Å². The highest BCUT2D eigenvalue weighted by atomic mass is 32.2. The lowest BCUT2D eigenvalue weighted by molar-refractivity contribution is -0.117. The van der Waals surface area contributed by atoms with Crippen LogP contribution in [0.1, 0.15) is 12.5 Å². The summed E-state index contributed by atoms with van der Waals surface area (Å²) in [4.78, 5) is 11.6. The Labute approximate surface area is 134 Å². The van der Waals surface area contributed by atoms with Crippen LogP contribution < -0.4 is 10.0 Å². The van der Waals surface area contributed by atoms with Crippen LogP contribution in [0.25, 0.3) is 0 Å². The molecule has 0 aliphatic rings. The lowest BCUT2D eigenvalue weighted by Crippen LogP contribution is -2.41. The highest BCUT2D eigenvalue weighted by Gasteiger charge is 2.24. The van der Waals surface area contributed by atoms with Crippen molar-refractivity contribution < 1.29 is 17.6 Å². The number of hydrogen-bond donors (Lipinski definition) is 2. The molecule has 2 aromatic carbocycles. The van der Waals surface area contributed by atoms with E-state index >= 15 is 0 Å². The van der Waals surface area contributed by atoms with E-state index in [1.54, 1.807) is 12.1 Å². The summed E-state index contributed by atoms with van der Waals surface area (Å²) in [6, 6.07) is 11.0. The lowest BCUT2D eigenvalue weighted by atomic mass is 10.2. The van der Waals surface area contributed by atoms with Gasteiger partial charge in [-0.05, 0) is 38.1 Å². The number of nitrogens with one attached hydrogen (secondary N) is 2. The Morgan fingerprint density at radius 1 is 1.09 bits per heavy atom. The van der Waals surface area contributed by atoms with Crippen molar-refractivity contribution in [3.05, 3.63) is 59.9 Å². The molecule has 0 fully saturated rings. The van der Waals surface area contributed by atoms with E-state index in [0.717, 1.165) is 17.7 Å². The molecule has 0 aromatic heterocycles. The Kier molecular flexibility index (Phi) is 5.12. The number of anilines is 1. The second-order valence-electron chi connectivity index (χ2n) is 5.13. The summed E-state index contributed by atoms with van der Waals surface area (Å²) in [6.07, 6.45) is 0. The van der Waals surface area contributed by atoms with Crippen molar-refractivity contribution in [3.63, 3.8) is 0 Å². The third-order valence-electron chi connectivity index (χ3n) is 3.17. The quantitative estimate of drug-likeness (QED) is 0.880. The smallest absolute Gasteiger partial charge is 0.244 e.